The predicted octanol–water partition coefficient (Wildman–Crippen LogP) is 3.42. The van der Waals surface area contributed by atoms with Crippen LogP contribution in [0.3, 0.4) is 0 Å². The first-order valence-corrected chi connectivity index (χ1v) is 10.2. The highest BCUT2D eigenvalue weighted by molar-refractivity contribution is 5.94. The summed E-state index contributed by atoms with van der Waals surface area (Å²) in [6.07, 6.45) is 6.02. The molecule has 1 fully saturated rings. The summed E-state index contributed by atoms with van der Waals surface area (Å²) in [4.78, 5) is 19.4. The number of nitrogens with zero attached hydrogens (tertiary/aromatic N) is 3. The van der Waals surface area contributed by atoms with Gasteiger partial charge in [0.1, 0.15) is 18.0 Å². The first kappa shape index (κ1) is 19.5. The standard InChI is InChI=1S/C23H28N4O2/c1-16-9-10-27(20(11-16)12-24)23(28)18-4-6-21(7-5-18)29-15-19-14-26-13-17(2)3-8-22(26)25-19/h3-8,13-14,16,20H,9-12,15,24H2,1-2H3. The maximum atomic E-state index is 12.9. The van der Waals surface area contributed by atoms with Crippen LogP contribution in [0.1, 0.15) is 41.4 Å². The van der Waals surface area contributed by atoms with E-state index in [4.69, 9.17) is 10.5 Å². The molecule has 6 heteroatoms. The number of imidazole rings is 1. The van der Waals surface area contributed by atoms with Crippen LogP contribution in [0.25, 0.3) is 5.65 Å². The quantitative estimate of drug-likeness (QED) is 0.722. The molecule has 3 aromatic rings. The Labute approximate surface area is 171 Å². The smallest absolute Gasteiger partial charge is 0.254 e. The number of benzene rings is 1. The van der Waals surface area contributed by atoms with E-state index in [0.29, 0.717) is 24.6 Å². The van der Waals surface area contributed by atoms with Crippen LogP contribution < -0.4 is 10.5 Å². The Bertz CT molecular complexity index is 996. The number of carbonyl (C=O) groups excluding carboxylic acids is 1. The van der Waals surface area contributed by atoms with Crippen molar-refractivity contribution >= 4 is 11.6 Å². The number of carbonyl (C=O) groups is 1. The molecule has 0 bridgehead atoms. The van der Waals surface area contributed by atoms with Crippen molar-refractivity contribution in [3.8, 4) is 5.75 Å². The first-order chi connectivity index (χ1) is 14.0. The van der Waals surface area contributed by atoms with E-state index in [-0.39, 0.29) is 11.9 Å². The second kappa shape index (κ2) is 8.25. The summed E-state index contributed by atoms with van der Waals surface area (Å²) in [5.41, 5.74) is 9.53. The molecule has 1 amide bonds. The largest absolute Gasteiger partial charge is 0.487 e. The molecule has 1 aliphatic rings. The molecular weight excluding hydrogens is 364 g/mol. The van der Waals surface area contributed by atoms with Gasteiger partial charge in [0.2, 0.25) is 0 Å². The van der Waals surface area contributed by atoms with Crippen LogP contribution in [0, 0.1) is 12.8 Å². The summed E-state index contributed by atoms with van der Waals surface area (Å²) < 4.78 is 7.87. The summed E-state index contributed by atoms with van der Waals surface area (Å²) in [5.74, 6) is 1.39. The fourth-order valence-electron chi connectivity index (χ4n) is 3.98. The fourth-order valence-corrected chi connectivity index (χ4v) is 3.98. The van der Waals surface area contributed by atoms with Crippen molar-refractivity contribution in [2.24, 2.45) is 11.7 Å². The van der Waals surface area contributed by atoms with Gasteiger partial charge in [-0.3, -0.25) is 4.79 Å². The molecular formula is C23H28N4O2. The van der Waals surface area contributed by atoms with E-state index in [1.165, 1.54) is 5.56 Å². The lowest BCUT2D eigenvalue weighted by Crippen LogP contribution is -2.49. The molecule has 2 unspecified atom stereocenters. The molecule has 1 saturated heterocycles. The van der Waals surface area contributed by atoms with Crippen LogP contribution in [0.2, 0.25) is 0 Å². The summed E-state index contributed by atoms with van der Waals surface area (Å²) in [6.45, 7) is 5.94. The first-order valence-electron chi connectivity index (χ1n) is 10.2. The molecule has 6 nitrogen and oxygen atoms in total. The Morgan fingerprint density at radius 3 is 2.76 bits per heavy atom. The molecule has 2 N–H and O–H groups in total. The van der Waals surface area contributed by atoms with Crippen molar-refractivity contribution < 1.29 is 9.53 Å². The number of aryl methyl sites for hydroxylation is 1. The number of pyridine rings is 1. The van der Waals surface area contributed by atoms with Crippen LogP contribution in [-0.4, -0.2) is 39.3 Å². The zero-order valence-electron chi connectivity index (χ0n) is 17.0. The number of hydrogen-bond donors (Lipinski definition) is 1. The van der Waals surface area contributed by atoms with Gasteiger partial charge in [0.05, 0.1) is 5.69 Å². The van der Waals surface area contributed by atoms with Crippen LogP contribution in [0.4, 0.5) is 0 Å². The number of fused-ring (bicyclic) bond motifs is 1. The van der Waals surface area contributed by atoms with Gasteiger partial charge in [-0.2, -0.15) is 0 Å². The van der Waals surface area contributed by atoms with Crippen LogP contribution in [0.5, 0.6) is 5.75 Å². The van der Waals surface area contributed by atoms with Crippen molar-refractivity contribution in [3.63, 3.8) is 0 Å². The molecule has 0 saturated carbocycles. The Morgan fingerprint density at radius 1 is 1.21 bits per heavy atom. The molecule has 152 valence electrons. The van der Waals surface area contributed by atoms with E-state index >= 15 is 0 Å². The molecule has 0 radical (unpaired) electrons. The molecule has 1 aliphatic heterocycles. The lowest BCUT2D eigenvalue weighted by atomic mass is 9.92. The fraction of sp³-hybridized carbons (Fsp3) is 0.391. The summed E-state index contributed by atoms with van der Waals surface area (Å²) in [6, 6.07) is 11.5. The Morgan fingerprint density at radius 2 is 2.00 bits per heavy atom. The van der Waals surface area contributed by atoms with Gasteiger partial charge in [0.25, 0.3) is 5.91 Å². The van der Waals surface area contributed by atoms with E-state index in [1.54, 1.807) is 0 Å². The van der Waals surface area contributed by atoms with Crippen LogP contribution >= 0.6 is 0 Å². The normalized spacial score (nSPS) is 19.5. The number of nitrogens with two attached hydrogens (primary N) is 1. The highest BCUT2D eigenvalue weighted by Gasteiger charge is 2.29. The number of aromatic nitrogens is 2. The van der Waals surface area contributed by atoms with Gasteiger partial charge < -0.3 is 19.8 Å². The average Bonchev–Trinajstić information content (AvgIpc) is 3.14. The van der Waals surface area contributed by atoms with Crippen LogP contribution in [0.15, 0.2) is 48.8 Å². The molecule has 0 aliphatic carbocycles. The number of piperidine rings is 1. The third-order valence-electron chi connectivity index (χ3n) is 5.65. The highest BCUT2D eigenvalue weighted by atomic mass is 16.5. The number of hydrogen-bond acceptors (Lipinski definition) is 4. The summed E-state index contributed by atoms with van der Waals surface area (Å²) in [5, 5.41) is 0. The predicted molar refractivity (Wildman–Crippen MR) is 113 cm³/mol. The van der Waals surface area contributed by atoms with E-state index in [1.807, 2.05) is 58.1 Å². The lowest BCUT2D eigenvalue weighted by molar-refractivity contribution is 0.0573. The maximum Gasteiger partial charge on any atom is 0.254 e. The van der Waals surface area contributed by atoms with E-state index < -0.39 is 0 Å². The average molecular weight is 393 g/mol. The Hall–Kier alpha value is -2.86. The van der Waals surface area contributed by atoms with Gasteiger partial charge in [-0.05, 0) is 61.6 Å². The number of amides is 1. The molecule has 0 spiro atoms. The molecule has 1 aromatic carbocycles. The van der Waals surface area contributed by atoms with Crippen molar-refractivity contribution in [3.05, 3.63) is 65.6 Å². The third-order valence-corrected chi connectivity index (χ3v) is 5.65. The monoisotopic (exact) mass is 392 g/mol. The maximum absolute atomic E-state index is 12.9. The van der Waals surface area contributed by atoms with Crippen molar-refractivity contribution in [1.82, 2.24) is 14.3 Å². The molecule has 3 heterocycles. The van der Waals surface area contributed by atoms with E-state index in [2.05, 4.69) is 18.8 Å². The zero-order valence-corrected chi connectivity index (χ0v) is 17.0. The molecule has 2 atom stereocenters. The van der Waals surface area contributed by atoms with Crippen molar-refractivity contribution in [2.75, 3.05) is 13.1 Å². The van der Waals surface area contributed by atoms with Gasteiger partial charge >= 0.3 is 0 Å². The second-order valence-electron chi connectivity index (χ2n) is 8.03. The summed E-state index contributed by atoms with van der Waals surface area (Å²) in [7, 11) is 0. The minimum atomic E-state index is 0.0506. The van der Waals surface area contributed by atoms with Crippen molar-refractivity contribution in [1.29, 1.82) is 0 Å². The van der Waals surface area contributed by atoms with Crippen molar-refractivity contribution in [2.45, 2.75) is 39.3 Å². The van der Waals surface area contributed by atoms with Gasteiger partial charge in [0.15, 0.2) is 0 Å². The Balaban J connectivity index is 1.40. The van der Waals surface area contributed by atoms with Gasteiger partial charge in [-0.1, -0.05) is 13.0 Å². The summed E-state index contributed by atoms with van der Waals surface area (Å²) >= 11 is 0. The Kier molecular flexibility index (Phi) is 5.53. The van der Waals surface area contributed by atoms with Crippen LogP contribution in [-0.2, 0) is 6.61 Å². The molecule has 2 aromatic heterocycles. The number of ether oxygens (including phenoxy) is 1. The minimum Gasteiger partial charge on any atom is -0.487 e. The third kappa shape index (κ3) is 4.27. The minimum absolute atomic E-state index is 0.0506. The topological polar surface area (TPSA) is 72.9 Å². The highest BCUT2D eigenvalue weighted by Crippen LogP contribution is 2.24. The van der Waals surface area contributed by atoms with Gasteiger partial charge in [0, 0.05) is 37.1 Å². The van der Waals surface area contributed by atoms with Gasteiger partial charge in [-0.15, -0.1) is 0 Å². The van der Waals surface area contributed by atoms with E-state index in [9.17, 15) is 4.79 Å². The number of rotatable bonds is 5. The second-order valence-corrected chi connectivity index (χ2v) is 8.03. The number of likely N-dealkylation sites (tertiary alicyclic amines) is 1. The molecule has 29 heavy (non-hydrogen) atoms. The lowest BCUT2D eigenvalue weighted by Gasteiger charge is -2.38. The zero-order chi connectivity index (χ0) is 20.4. The molecule has 4 rings (SSSR count). The van der Waals surface area contributed by atoms with E-state index in [0.717, 1.165) is 36.5 Å². The SMILES string of the molecule is Cc1ccc2nc(COc3ccc(C(=O)N4CCC(C)CC4CN)cc3)cn2c1. The van der Waals surface area contributed by atoms with Gasteiger partial charge in [-0.25, -0.2) is 4.98 Å².